The molecule has 0 bridgehead atoms. The minimum Gasteiger partial charge on any atom is -0.338 e. The molecule has 3 aromatic rings. The maximum Gasteiger partial charge on any atom is 0.224 e. The first-order chi connectivity index (χ1) is 9.24. The maximum absolute atomic E-state index is 6.13. The number of anilines is 2. The van der Waals surface area contributed by atoms with E-state index in [1.807, 2.05) is 48.5 Å². The third-order valence-electron chi connectivity index (χ3n) is 2.70. The molecule has 0 fully saturated rings. The summed E-state index contributed by atoms with van der Waals surface area (Å²) in [5, 5.41) is 4.91. The molecule has 0 radical (unpaired) electrons. The van der Waals surface area contributed by atoms with E-state index in [0.717, 1.165) is 16.6 Å². The molecule has 3 rings (SSSR count). The molecule has 1 heterocycles. The van der Waals surface area contributed by atoms with Crippen molar-refractivity contribution in [3.63, 3.8) is 0 Å². The second kappa shape index (κ2) is 5.03. The quantitative estimate of drug-likeness (QED) is 0.696. The number of fused-ring (bicyclic) bond motifs is 1. The molecule has 0 aliphatic heterocycles. The number of benzene rings is 2. The molecule has 94 valence electrons. The topological polar surface area (TPSA) is 37.8 Å². The Morgan fingerprint density at radius 1 is 0.842 bits per heavy atom. The van der Waals surface area contributed by atoms with Crippen molar-refractivity contribution in [3.05, 3.63) is 58.8 Å². The van der Waals surface area contributed by atoms with Gasteiger partial charge in [-0.05, 0) is 35.9 Å². The van der Waals surface area contributed by atoms with Gasteiger partial charge in [-0.3, -0.25) is 0 Å². The molecular formula is C14H9Cl2N3. The molecule has 0 spiro atoms. The zero-order valence-electron chi connectivity index (χ0n) is 9.77. The summed E-state index contributed by atoms with van der Waals surface area (Å²) < 4.78 is 0. The zero-order chi connectivity index (χ0) is 13.2. The van der Waals surface area contributed by atoms with Gasteiger partial charge in [-0.25, -0.2) is 4.98 Å². The van der Waals surface area contributed by atoms with Gasteiger partial charge in [0, 0.05) is 5.39 Å². The van der Waals surface area contributed by atoms with Gasteiger partial charge in [-0.15, -0.1) is 0 Å². The molecule has 0 aliphatic rings. The molecule has 0 aliphatic carbocycles. The number of para-hydroxylation sites is 2. The van der Waals surface area contributed by atoms with E-state index in [0.29, 0.717) is 10.8 Å². The third kappa shape index (κ3) is 2.48. The van der Waals surface area contributed by atoms with Crippen LogP contribution in [0.2, 0.25) is 10.3 Å². The molecule has 0 saturated carbocycles. The Morgan fingerprint density at radius 3 is 2.42 bits per heavy atom. The van der Waals surface area contributed by atoms with Gasteiger partial charge < -0.3 is 5.32 Å². The fourth-order valence-electron chi connectivity index (χ4n) is 1.83. The Bertz CT molecular complexity index is 744. The number of aromatic nitrogens is 2. The molecule has 0 unspecified atom stereocenters. The summed E-state index contributed by atoms with van der Waals surface area (Å²) in [6.45, 7) is 0. The van der Waals surface area contributed by atoms with Crippen molar-refractivity contribution in [3.8, 4) is 0 Å². The lowest BCUT2D eigenvalue weighted by atomic mass is 10.2. The molecule has 1 N–H and O–H groups in total. The second-order valence-corrected chi connectivity index (χ2v) is 4.71. The highest BCUT2D eigenvalue weighted by Crippen LogP contribution is 2.28. The standard InChI is InChI=1S/C14H9Cl2N3/c15-10-6-2-4-8-12(10)17-13-9-5-1-3-7-11(9)18-14(16)19-13/h1-8H,(H,17,18,19). The highest BCUT2D eigenvalue weighted by Gasteiger charge is 2.07. The van der Waals surface area contributed by atoms with Crippen molar-refractivity contribution in [2.45, 2.75) is 0 Å². The number of hydrogen-bond donors (Lipinski definition) is 1. The van der Waals surface area contributed by atoms with Crippen LogP contribution in [0.4, 0.5) is 11.5 Å². The summed E-state index contributed by atoms with van der Waals surface area (Å²) in [5.74, 6) is 0.642. The fraction of sp³-hybridized carbons (Fsp3) is 0. The molecule has 0 amide bonds. The first kappa shape index (κ1) is 12.2. The van der Waals surface area contributed by atoms with Crippen molar-refractivity contribution in [1.82, 2.24) is 9.97 Å². The van der Waals surface area contributed by atoms with Crippen LogP contribution in [0.3, 0.4) is 0 Å². The second-order valence-electron chi connectivity index (χ2n) is 3.96. The van der Waals surface area contributed by atoms with E-state index in [1.165, 1.54) is 0 Å². The zero-order valence-corrected chi connectivity index (χ0v) is 11.3. The first-order valence-corrected chi connectivity index (χ1v) is 6.43. The fourth-order valence-corrected chi connectivity index (χ4v) is 2.19. The van der Waals surface area contributed by atoms with Gasteiger partial charge in [-0.1, -0.05) is 35.9 Å². The summed E-state index contributed by atoms with van der Waals surface area (Å²) in [4.78, 5) is 8.40. The number of halogens is 2. The molecule has 1 aromatic heterocycles. The van der Waals surface area contributed by atoms with Gasteiger partial charge in [0.2, 0.25) is 5.28 Å². The van der Waals surface area contributed by atoms with Crippen LogP contribution < -0.4 is 5.32 Å². The van der Waals surface area contributed by atoms with Gasteiger partial charge in [0.1, 0.15) is 5.82 Å². The van der Waals surface area contributed by atoms with Crippen molar-refractivity contribution >= 4 is 45.6 Å². The van der Waals surface area contributed by atoms with E-state index in [1.54, 1.807) is 0 Å². The van der Waals surface area contributed by atoms with E-state index in [-0.39, 0.29) is 5.28 Å². The molecule has 19 heavy (non-hydrogen) atoms. The summed E-state index contributed by atoms with van der Waals surface area (Å²) >= 11 is 12.1. The van der Waals surface area contributed by atoms with E-state index >= 15 is 0 Å². The monoisotopic (exact) mass is 289 g/mol. The maximum atomic E-state index is 6.13. The molecule has 2 aromatic carbocycles. The van der Waals surface area contributed by atoms with Crippen LogP contribution in [0.1, 0.15) is 0 Å². The third-order valence-corrected chi connectivity index (χ3v) is 3.20. The van der Waals surface area contributed by atoms with Crippen molar-refractivity contribution in [2.75, 3.05) is 5.32 Å². The molecular weight excluding hydrogens is 281 g/mol. The van der Waals surface area contributed by atoms with E-state index < -0.39 is 0 Å². The van der Waals surface area contributed by atoms with E-state index in [4.69, 9.17) is 23.2 Å². The Hall–Kier alpha value is -1.84. The SMILES string of the molecule is Clc1nc(Nc2ccccc2Cl)c2ccccc2n1. The number of nitrogens with one attached hydrogen (secondary N) is 1. The van der Waals surface area contributed by atoms with Crippen LogP contribution in [-0.4, -0.2) is 9.97 Å². The lowest BCUT2D eigenvalue weighted by Crippen LogP contribution is -1.97. The largest absolute Gasteiger partial charge is 0.338 e. The van der Waals surface area contributed by atoms with Crippen LogP contribution in [0.15, 0.2) is 48.5 Å². The average Bonchev–Trinajstić information content (AvgIpc) is 2.41. The molecule has 0 saturated heterocycles. The van der Waals surface area contributed by atoms with Crippen LogP contribution in [0, 0.1) is 0 Å². The van der Waals surface area contributed by atoms with E-state index in [9.17, 15) is 0 Å². The van der Waals surface area contributed by atoms with Crippen molar-refractivity contribution < 1.29 is 0 Å². The summed E-state index contributed by atoms with van der Waals surface area (Å²) in [5.41, 5.74) is 1.57. The minimum atomic E-state index is 0.202. The predicted molar refractivity (Wildman–Crippen MR) is 79.3 cm³/mol. The summed E-state index contributed by atoms with van der Waals surface area (Å²) in [7, 11) is 0. The number of hydrogen-bond acceptors (Lipinski definition) is 3. The first-order valence-electron chi connectivity index (χ1n) is 5.68. The van der Waals surface area contributed by atoms with Crippen LogP contribution in [-0.2, 0) is 0 Å². The average molecular weight is 290 g/mol. The molecule has 3 nitrogen and oxygen atoms in total. The van der Waals surface area contributed by atoms with Crippen LogP contribution in [0.25, 0.3) is 10.9 Å². The normalized spacial score (nSPS) is 10.6. The molecule has 5 heteroatoms. The summed E-state index contributed by atoms with van der Waals surface area (Å²) in [6, 6.07) is 15.1. The Labute approximate surface area is 120 Å². The minimum absolute atomic E-state index is 0.202. The van der Waals surface area contributed by atoms with Gasteiger partial charge in [-0.2, -0.15) is 4.98 Å². The van der Waals surface area contributed by atoms with E-state index in [2.05, 4.69) is 15.3 Å². The lowest BCUT2D eigenvalue weighted by Gasteiger charge is -2.10. The molecule has 0 atom stereocenters. The van der Waals surface area contributed by atoms with Crippen LogP contribution in [0.5, 0.6) is 0 Å². The van der Waals surface area contributed by atoms with Crippen molar-refractivity contribution in [1.29, 1.82) is 0 Å². The lowest BCUT2D eigenvalue weighted by molar-refractivity contribution is 1.22. The van der Waals surface area contributed by atoms with Gasteiger partial charge in [0.15, 0.2) is 0 Å². The van der Waals surface area contributed by atoms with Gasteiger partial charge >= 0.3 is 0 Å². The highest BCUT2D eigenvalue weighted by molar-refractivity contribution is 6.33. The van der Waals surface area contributed by atoms with Gasteiger partial charge in [0.05, 0.1) is 16.2 Å². The van der Waals surface area contributed by atoms with Crippen molar-refractivity contribution in [2.24, 2.45) is 0 Å². The highest BCUT2D eigenvalue weighted by atomic mass is 35.5. The Morgan fingerprint density at radius 2 is 1.58 bits per heavy atom. The van der Waals surface area contributed by atoms with Crippen LogP contribution >= 0.6 is 23.2 Å². The predicted octanol–water partition coefficient (Wildman–Crippen LogP) is 4.68. The Balaban J connectivity index is 2.13. The number of nitrogens with zero attached hydrogens (tertiary/aromatic N) is 2. The number of rotatable bonds is 2. The van der Waals surface area contributed by atoms with Gasteiger partial charge in [0.25, 0.3) is 0 Å². The smallest absolute Gasteiger partial charge is 0.224 e. The summed E-state index contributed by atoms with van der Waals surface area (Å²) in [6.07, 6.45) is 0. The Kier molecular flexibility index (Phi) is 3.23.